The van der Waals surface area contributed by atoms with E-state index in [0.717, 1.165) is 48.2 Å². The van der Waals surface area contributed by atoms with Gasteiger partial charge in [0.15, 0.2) is 5.13 Å². The third-order valence-corrected chi connectivity index (χ3v) is 5.72. The summed E-state index contributed by atoms with van der Waals surface area (Å²) in [7, 11) is 2.17. The van der Waals surface area contributed by atoms with Gasteiger partial charge in [0.05, 0.1) is 16.7 Å². The van der Waals surface area contributed by atoms with E-state index in [9.17, 15) is 5.11 Å². The number of thiazole rings is 1. The molecule has 1 aromatic rings. The van der Waals surface area contributed by atoms with Crippen LogP contribution in [0.15, 0.2) is 0 Å². The Labute approximate surface area is 125 Å². The normalized spacial score (nSPS) is 30.4. The van der Waals surface area contributed by atoms with Crippen molar-refractivity contribution in [3.8, 4) is 0 Å². The van der Waals surface area contributed by atoms with Crippen LogP contribution < -0.4 is 4.90 Å². The second-order valence-corrected chi connectivity index (χ2v) is 8.18. The molecule has 3 rings (SSSR count). The fourth-order valence-electron chi connectivity index (χ4n) is 3.43. The molecular weight excluding hydrogens is 270 g/mol. The fourth-order valence-corrected chi connectivity index (χ4v) is 4.62. The van der Waals surface area contributed by atoms with E-state index in [1.165, 1.54) is 0 Å². The number of piperazine rings is 1. The molecule has 1 saturated heterocycles. The van der Waals surface area contributed by atoms with E-state index in [0.29, 0.717) is 6.04 Å². The number of nitrogens with zero attached hydrogens (tertiary/aromatic N) is 3. The fraction of sp³-hybridized carbons (Fsp3) is 0.800. The van der Waals surface area contributed by atoms with Gasteiger partial charge in [-0.05, 0) is 32.2 Å². The molecule has 0 spiro atoms. The minimum Gasteiger partial charge on any atom is -0.387 e. The highest BCUT2D eigenvalue weighted by Gasteiger charge is 2.35. The van der Waals surface area contributed by atoms with Gasteiger partial charge in [0.2, 0.25) is 0 Å². The smallest absolute Gasteiger partial charge is 0.186 e. The first-order valence-corrected chi connectivity index (χ1v) is 8.30. The van der Waals surface area contributed by atoms with Gasteiger partial charge in [-0.2, -0.15) is 0 Å². The number of aromatic nitrogens is 1. The van der Waals surface area contributed by atoms with Crippen LogP contribution in [0.25, 0.3) is 0 Å². The monoisotopic (exact) mass is 295 g/mol. The maximum Gasteiger partial charge on any atom is 0.186 e. The second-order valence-electron chi connectivity index (χ2n) is 7.17. The van der Waals surface area contributed by atoms with Crippen LogP contribution in [0.5, 0.6) is 0 Å². The van der Waals surface area contributed by atoms with Gasteiger partial charge in [0.1, 0.15) is 0 Å². The Morgan fingerprint density at radius 2 is 2.10 bits per heavy atom. The van der Waals surface area contributed by atoms with Crippen LogP contribution in [0.3, 0.4) is 0 Å². The van der Waals surface area contributed by atoms with E-state index in [-0.39, 0.29) is 11.5 Å². The van der Waals surface area contributed by atoms with Gasteiger partial charge in [0.25, 0.3) is 0 Å². The molecule has 1 aliphatic heterocycles. The van der Waals surface area contributed by atoms with Crippen molar-refractivity contribution in [2.75, 3.05) is 31.6 Å². The summed E-state index contributed by atoms with van der Waals surface area (Å²) in [4.78, 5) is 10.7. The molecule has 0 saturated carbocycles. The SMILES string of the molecule is CC1CN(C)CCN1c1nc2c(s1)C(O)CC(C)(C)C2. The van der Waals surface area contributed by atoms with Gasteiger partial charge in [-0.25, -0.2) is 4.98 Å². The Morgan fingerprint density at radius 1 is 1.35 bits per heavy atom. The molecule has 1 aliphatic carbocycles. The van der Waals surface area contributed by atoms with Crippen molar-refractivity contribution < 1.29 is 5.11 Å². The van der Waals surface area contributed by atoms with E-state index in [4.69, 9.17) is 4.98 Å². The second kappa shape index (κ2) is 4.97. The van der Waals surface area contributed by atoms with Crippen LogP contribution in [-0.2, 0) is 6.42 Å². The van der Waals surface area contributed by atoms with Crippen LogP contribution >= 0.6 is 11.3 Å². The Kier molecular flexibility index (Phi) is 3.55. The molecule has 20 heavy (non-hydrogen) atoms. The average molecular weight is 295 g/mol. The number of fused-ring (bicyclic) bond motifs is 1. The van der Waals surface area contributed by atoms with E-state index >= 15 is 0 Å². The number of aliphatic hydroxyl groups excluding tert-OH is 1. The molecule has 0 radical (unpaired) electrons. The van der Waals surface area contributed by atoms with Crippen molar-refractivity contribution in [3.05, 3.63) is 10.6 Å². The van der Waals surface area contributed by atoms with E-state index < -0.39 is 0 Å². The molecule has 1 fully saturated rings. The molecule has 0 aromatic carbocycles. The molecule has 0 amide bonds. The lowest BCUT2D eigenvalue weighted by atomic mass is 9.77. The van der Waals surface area contributed by atoms with E-state index in [1.54, 1.807) is 11.3 Å². The van der Waals surface area contributed by atoms with Crippen LogP contribution in [0.2, 0.25) is 0 Å². The molecule has 112 valence electrons. The summed E-state index contributed by atoms with van der Waals surface area (Å²) in [6, 6.07) is 0.492. The van der Waals surface area contributed by atoms with Crippen LogP contribution in [-0.4, -0.2) is 47.7 Å². The quantitative estimate of drug-likeness (QED) is 0.863. The summed E-state index contributed by atoms with van der Waals surface area (Å²) in [6.07, 6.45) is 1.50. The maximum absolute atomic E-state index is 10.4. The Balaban J connectivity index is 1.87. The van der Waals surface area contributed by atoms with Gasteiger partial charge in [0, 0.05) is 25.7 Å². The number of hydrogen-bond acceptors (Lipinski definition) is 5. The number of aliphatic hydroxyl groups is 1. The molecule has 4 nitrogen and oxygen atoms in total. The molecule has 0 bridgehead atoms. The van der Waals surface area contributed by atoms with Crippen molar-refractivity contribution in [3.63, 3.8) is 0 Å². The van der Waals surface area contributed by atoms with Gasteiger partial charge in [-0.15, -0.1) is 0 Å². The van der Waals surface area contributed by atoms with Crippen molar-refractivity contribution in [1.29, 1.82) is 0 Å². The van der Waals surface area contributed by atoms with Crippen molar-refractivity contribution in [2.24, 2.45) is 5.41 Å². The summed E-state index contributed by atoms with van der Waals surface area (Å²) in [5.41, 5.74) is 1.28. The number of anilines is 1. The van der Waals surface area contributed by atoms with E-state index in [2.05, 4.69) is 37.6 Å². The maximum atomic E-state index is 10.4. The third-order valence-electron chi connectivity index (χ3n) is 4.49. The van der Waals surface area contributed by atoms with Crippen LogP contribution in [0, 0.1) is 5.41 Å². The molecule has 1 aromatic heterocycles. The zero-order valence-corrected chi connectivity index (χ0v) is 13.7. The van der Waals surface area contributed by atoms with Gasteiger partial charge in [-0.1, -0.05) is 25.2 Å². The van der Waals surface area contributed by atoms with Gasteiger partial charge >= 0.3 is 0 Å². The summed E-state index contributed by atoms with van der Waals surface area (Å²) < 4.78 is 0. The number of likely N-dealkylation sites (N-methyl/N-ethyl adjacent to an activating group) is 1. The van der Waals surface area contributed by atoms with Gasteiger partial charge < -0.3 is 14.9 Å². The largest absolute Gasteiger partial charge is 0.387 e. The van der Waals surface area contributed by atoms with Crippen molar-refractivity contribution >= 4 is 16.5 Å². The standard InChI is InChI=1S/C15H25N3OS/c1-10-9-17(4)5-6-18(10)14-16-11-7-15(2,3)8-12(19)13(11)20-14/h10,12,19H,5-9H2,1-4H3. The first kappa shape index (κ1) is 14.3. The van der Waals surface area contributed by atoms with E-state index in [1.807, 2.05) is 0 Å². The minimum atomic E-state index is -0.331. The highest BCUT2D eigenvalue weighted by molar-refractivity contribution is 7.15. The lowest BCUT2D eigenvalue weighted by Gasteiger charge is -2.38. The molecular formula is C15H25N3OS. The lowest BCUT2D eigenvalue weighted by molar-refractivity contribution is 0.102. The number of hydrogen-bond donors (Lipinski definition) is 1. The zero-order chi connectivity index (χ0) is 14.5. The molecule has 2 aliphatic rings. The summed E-state index contributed by atoms with van der Waals surface area (Å²) >= 11 is 1.70. The molecule has 2 heterocycles. The van der Waals surface area contributed by atoms with Gasteiger partial charge in [-0.3, -0.25) is 0 Å². The first-order valence-electron chi connectivity index (χ1n) is 7.48. The lowest BCUT2D eigenvalue weighted by Crippen LogP contribution is -2.50. The van der Waals surface area contributed by atoms with Crippen molar-refractivity contribution in [1.82, 2.24) is 9.88 Å². The summed E-state index contributed by atoms with van der Waals surface area (Å²) in [5, 5.41) is 11.5. The predicted molar refractivity (Wildman–Crippen MR) is 83.5 cm³/mol. The topological polar surface area (TPSA) is 39.6 Å². The highest BCUT2D eigenvalue weighted by Crippen LogP contribution is 2.45. The Bertz CT molecular complexity index is 499. The Hall–Kier alpha value is -0.650. The first-order chi connectivity index (χ1) is 9.35. The summed E-state index contributed by atoms with van der Waals surface area (Å²) in [5.74, 6) is 0. The minimum absolute atomic E-state index is 0.158. The van der Waals surface area contributed by atoms with Crippen molar-refractivity contribution in [2.45, 2.75) is 45.8 Å². The number of rotatable bonds is 1. The Morgan fingerprint density at radius 3 is 2.80 bits per heavy atom. The third kappa shape index (κ3) is 2.59. The zero-order valence-electron chi connectivity index (χ0n) is 12.9. The molecule has 2 atom stereocenters. The van der Waals surface area contributed by atoms with Crippen LogP contribution in [0.4, 0.5) is 5.13 Å². The summed E-state index contributed by atoms with van der Waals surface area (Å²) in [6.45, 7) is 9.90. The molecule has 2 unspecified atom stereocenters. The average Bonchev–Trinajstić information content (AvgIpc) is 2.70. The molecule has 5 heteroatoms. The predicted octanol–water partition coefficient (Wildman–Crippen LogP) is 2.29. The highest BCUT2D eigenvalue weighted by atomic mass is 32.1. The van der Waals surface area contributed by atoms with Crippen LogP contribution in [0.1, 0.15) is 43.9 Å². The molecule has 1 N–H and O–H groups in total.